The first-order valence-electron chi connectivity index (χ1n) is 10.8. The molecule has 0 N–H and O–H groups in total. The number of ether oxygens (including phenoxy) is 1. The molecule has 1 aromatic heterocycles. The van der Waals surface area contributed by atoms with Gasteiger partial charge in [-0.25, -0.2) is 0 Å². The average molecular weight is 424 g/mol. The maximum atomic E-state index is 12.5. The number of ketones is 1. The number of carbonyl (C=O) groups is 3. The van der Waals surface area contributed by atoms with Crippen LogP contribution in [0.4, 0.5) is 0 Å². The number of amides is 2. The van der Waals surface area contributed by atoms with Crippen LogP contribution >= 0.6 is 0 Å². The summed E-state index contributed by atoms with van der Waals surface area (Å²) in [5, 5.41) is 0. The number of hydrogen-bond acceptors (Lipinski definition) is 5. The van der Waals surface area contributed by atoms with Crippen LogP contribution in [0.2, 0.25) is 0 Å². The zero-order chi connectivity index (χ0) is 22.1. The smallest absolute Gasteiger partial charge is 0.228 e. The molecule has 0 atom stereocenters. The first kappa shape index (κ1) is 22.5. The molecule has 0 radical (unpaired) electrons. The number of Topliss-reactive ketones (excluding diaryl/α,β-unsaturated/α-hetero) is 1. The van der Waals surface area contributed by atoms with Gasteiger partial charge in [0.2, 0.25) is 11.8 Å². The van der Waals surface area contributed by atoms with E-state index >= 15 is 0 Å². The Labute approximate surface area is 183 Å². The van der Waals surface area contributed by atoms with Crippen molar-refractivity contribution in [3.8, 4) is 5.75 Å². The SMILES string of the molecule is CCCOc1ccc(C(=O)CCC(=O)N2CCN(C(=O)Cc3ccccn3)CC2)cc1. The Kier molecular flexibility index (Phi) is 8.15. The van der Waals surface area contributed by atoms with E-state index in [-0.39, 0.29) is 36.9 Å². The van der Waals surface area contributed by atoms with Gasteiger partial charge in [0.1, 0.15) is 5.75 Å². The summed E-state index contributed by atoms with van der Waals surface area (Å²) in [6, 6.07) is 12.6. The Morgan fingerprint density at radius 2 is 1.58 bits per heavy atom. The normalized spacial score (nSPS) is 13.7. The second-order valence-corrected chi connectivity index (χ2v) is 7.56. The minimum atomic E-state index is -0.0560. The minimum Gasteiger partial charge on any atom is -0.494 e. The van der Waals surface area contributed by atoms with Gasteiger partial charge in [-0.15, -0.1) is 0 Å². The zero-order valence-corrected chi connectivity index (χ0v) is 18.0. The number of nitrogens with zero attached hydrogens (tertiary/aromatic N) is 3. The van der Waals surface area contributed by atoms with Gasteiger partial charge >= 0.3 is 0 Å². The predicted molar refractivity (Wildman–Crippen MR) is 117 cm³/mol. The lowest BCUT2D eigenvalue weighted by molar-refractivity contribution is -0.139. The molecule has 1 saturated heterocycles. The van der Waals surface area contributed by atoms with Crippen molar-refractivity contribution in [1.82, 2.24) is 14.8 Å². The highest BCUT2D eigenvalue weighted by molar-refractivity contribution is 5.98. The van der Waals surface area contributed by atoms with Crippen molar-refractivity contribution < 1.29 is 19.1 Å². The molecule has 164 valence electrons. The highest BCUT2D eigenvalue weighted by Crippen LogP contribution is 2.15. The topological polar surface area (TPSA) is 79.8 Å². The van der Waals surface area contributed by atoms with E-state index in [2.05, 4.69) is 4.98 Å². The Hall–Kier alpha value is -3.22. The number of rotatable bonds is 9. The van der Waals surface area contributed by atoms with E-state index in [1.165, 1.54) is 0 Å². The molecular formula is C24H29N3O4. The van der Waals surface area contributed by atoms with Crippen molar-refractivity contribution in [2.45, 2.75) is 32.6 Å². The summed E-state index contributed by atoms with van der Waals surface area (Å²) in [6.07, 6.45) is 3.22. The number of pyridine rings is 1. The number of carbonyl (C=O) groups excluding carboxylic acids is 3. The molecule has 2 amide bonds. The first-order chi connectivity index (χ1) is 15.1. The summed E-state index contributed by atoms with van der Waals surface area (Å²) in [4.78, 5) is 45.0. The molecule has 31 heavy (non-hydrogen) atoms. The molecule has 1 aliphatic heterocycles. The summed E-state index contributed by atoms with van der Waals surface area (Å²) in [5.74, 6) is 0.657. The lowest BCUT2D eigenvalue weighted by Crippen LogP contribution is -2.51. The van der Waals surface area contributed by atoms with Crippen LogP contribution < -0.4 is 4.74 Å². The van der Waals surface area contributed by atoms with Crippen LogP contribution in [0.25, 0.3) is 0 Å². The Morgan fingerprint density at radius 3 is 2.19 bits per heavy atom. The van der Waals surface area contributed by atoms with E-state index in [4.69, 9.17) is 4.74 Å². The van der Waals surface area contributed by atoms with Crippen molar-refractivity contribution in [1.29, 1.82) is 0 Å². The van der Waals surface area contributed by atoms with Gasteiger partial charge in [0, 0.05) is 56.5 Å². The third kappa shape index (κ3) is 6.64. The summed E-state index contributed by atoms with van der Waals surface area (Å²) in [7, 11) is 0. The van der Waals surface area contributed by atoms with Gasteiger partial charge in [-0.1, -0.05) is 13.0 Å². The van der Waals surface area contributed by atoms with Crippen molar-refractivity contribution in [3.05, 3.63) is 59.9 Å². The molecule has 0 bridgehead atoms. The second-order valence-electron chi connectivity index (χ2n) is 7.56. The van der Waals surface area contributed by atoms with Crippen molar-refractivity contribution in [2.24, 2.45) is 0 Å². The number of benzene rings is 1. The number of hydrogen-bond donors (Lipinski definition) is 0. The van der Waals surface area contributed by atoms with E-state index in [0.717, 1.165) is 17.9 Å². The summed E-state index contributed by atoms with van der Waals surface area (Å²) in [6.45, 7) is 4.67. The molecule has 0 saturated carbocycles. The largest absolute Gasteiger partial charge is 0.494 e. The third-order valence-corrected chi connectivity index (χ3v) is 5.26. The van der Waals surface area contributed by atoms with Crippen molar-refractivity contribution in [3.63, 3.8) is 0 Å². The minimum absolute atomic E-state index is 0.0207. The van der Waals surface area contributed by atoms with Gasteiger partial charge in [-0.3, -0.25) is 19.4 Å². The highest BCUT2D eigenvalue weighted by atomic mass is 16.5. The fraction of sp³-hybridized carbons (Fsp3) is 0.417. The molecule has 3 rings (SSSR count). The molecular weight excluding hydrogens is 394 g/mol. The molecule has 1 aromatic carbocycles. The zero-order valence-electron chi connectivity index (χ0n) is 18.0. The Morgan fingerprint density at radius 1 is 0.903 bits per heavy atom. The van der Waals surface area contributed by atoms with Crippen LogP contribution in [0.15, 0.2) is 48.7 Å². The van der Waals surface area contributed by atoms with Crippen molar-refractivity contribution >= 4 is 17.6 Å². The van der Waals surface area contributed by atoms with Crippen LogP contribution in [0.3, 0.4) is 0 Å². The van der Waals surface area contributed by atoms with Gasteiger partial charge < -0.3 is 14.5 Å². The van der Waals surface area contributed by atoms with Crippen molar-refractivity contribution in [2.75, 3.05) is 32.8 Å². The molecule has 2 heterocycles. The van der Waals surface area contributed by atoms with Gasteiger partial charge in [0.05, 0.1) is 13.0 Å². The highest BCUT2D eigenvalue weighted by Gasteiger charge is 2.24. The van der Waals surface area contributed by atoms with E-state index in [0.29, 0.717) is 38.3 Å². The molecule has 7 heteroatoms. The summed E-state index contributed by atoms with van der Waals surface area (Å²) in [5.41, 5.74) is 1.33. The van der Waals surface area contributed by atoms with E-state index in [1.807, 2.05) is 25.1 Å². The van der Waals surface area contributed by atoms with Crippen LogP contribution in [0.5, 0.6) is 5.75 Å². The fourth-order valence-electron chi connectivity index (χ4n) is 3.45. The Balaban J connectivity index is 1.40. The molecule has 0 unspecified atom stereocenters. The molecule has 1 aliphatic rings. The summed E-state index contributed by atoms with van der Waals surface area (Å²) >= 11 is 0. The average Bonchev–Trinajstić information content (AvgIpc) is 2.82. The molecule has 0 aliphatic carbocycles. The van der Waals surface area contributed by atoms with Gasteiger partial charge in [-0.05, 0) is 42.8 Å². The van der Waals surface area contributed by atoms with Gasteiger partial charge in [-0.2, -0.15) is 0 Å². The molecule has 1 fully saturated rings. The monoisotopic (exact) mass is 423 g/mol. The van der Waals surface area contributed by atoms with Crippen LogP contribution in [-0.2, 0) is 16.0 Å². The van der Waals surface area contributed by atoms with E-state index in [1.54, 1.807) is 40.3 Å². The lowest BCUT2D eigenvalue weighted by atomic mass is 10.1. The lowest BCUT2D eigenvalue weighted by Gasteiger charge is -2.34. The molecule has 0 spiro atoms. The Bertz CT molecular complexity index is 875. The number of aromatic nitrogens is 1. The van der Waals surface area contributed by atoms with E-state index < -0.39 is 0 Å². The van der Waals surface area contributed by atoms with Crippen LogP contribution in [-0.4, -0.2) is 65.2 Å². The standard InChI is InChI=1S/C24H29N3O4/c1-2-17-31-21-8-6-19(7-9-21)22(28)10-11-23(29)26-13-15-27(16-14-26)24(30)18-20-5-3-4-12-25-20/h3-9,12H,2,10-11,13-18H2,1H3. The number of piperazine rings is 1. The maximum Gasteiger partial charge on any atom is 0.228 e. The second kappa shape index (κ2) is 11.2. The van der Waals surface area contributed by atoms with Gasteiger partial charge in [0.25, 0.3) is 0 Å². The van der Waals surface area contributed by atoms with Gasteiger partial charge in [0.15, 0.2) is 5.78 Å². The maximum absolute atomic E-state index is 12.5. The third-order valence-electron chi connectivity index (χ3n) is 5.26. The van der Waals surface area contributed by atoms with E-state index in [9.17, 15) is 14.4 Å². The van der Waals surface area contributed by atoms with Crippen LogP contribution in [0, 0.1) is 0 Å². The molecule has 7 nitrogen and oxygen atoms in total. The first-order valence-corrected chi connectivity index (χ1v) is 10.8. The quantitative estimate of drug-likeness (QED) is 0.580. The van der Waals surface area contributed by atoms with Crippen LogP contribution in [0.1, 0.15) is 42.2 Å². The summed E-state index contributed by atoms with van der Waals surface area (Å²) < 4.78 is 5.52. The fourth-order valence-corrected chi connectivity index (χ4v) is 3.45. The predicted octanol–water partition coefficient (Wildman–Crippen LogP) is 2.75. The molecule has 2 aromatic rings.